The Hall–Kier alpha value is -2.49. The Morgan fingerprint density at radius 3 is 2.73 bits per heavy atom. The quantitative estimate of drug-likeness (QED) is 0.638. The number of nitrogens with zero attached hydrogens (tertiary/aromatic N) is 3. The molecule has 0 spiro atoms. The molecule has 1 amide bonds. The van der Waals surface area contributed by atoms with Crippen molar-refractivity contribution in [3.63, 3.8) is 0 Å². The highest BCUT2D eigenvalue weighted by molar-refractivity contribution is 5.99. The molecule has 1 aromatic carbocycles. The van der Waals surface area contributed by atoms with Crippen LogP contribution in [0.5, 0.6) is 0 Å². The molecule has 0 aromatic heterocycles. The first kappa shape index (κ1) is 18.3. The SMILES string of the molecule is O=C(c1cccc([N+](=O)[O-])c1)N1N=C2CCCCC[C@H]2[C@@]1(O)C(F)(F)F. The second-order valence-corrected chi connectivity index (χ2v) is 6.39. The average molecular weight is 371 g/mol. The summed E-state index contributed by atoms with van der Waals surface area (Å²) in [5.41, 5.74) is -4.09. The maximum Gasteiger partial charge on any atom is 0.439 e. The summed E-state index contributed by atoms with van der Waals surface area (Å²) in [5, 5.41) is 25.3. The Labute approximate surface area is 146 Å². The molecule has 3 rings (SSSR count). The number of aliphatic hydroxyl groups is 1. The first-order valence-corrected chi connectivity index (χ1v) is 8.11. The second-order valence-electron chi connectivity index (χ2n) is 6.39. The van der Waals surface area contributed by atoms with Crippen LogP contribution in [0.1, 0.15) is 42.5 Å². The van der Waals surface area contributed by atoms with Gasteiger partial charge in [0.1, 0.15) is 0 Å². The number of amides is 1. The van der Waals surface area contributed by atoms with Gasteiger partial charge in [-0.15, -0.1) is 0 Å². The molecule has 140 valence electrons. The minimum absolute atomic E-state index is 0.0530. The molecular formula is C16H16F3N3O4. The number of rotatable bonds is 2. The lowest BCUT2D eigenvalue weighted by Gasteiger charge is -2.37. The van der Waals surface area contributed by atoms with E-state index in [9.17, 15) is 33.2 Å². The van der Waals surface area contributed by atoms with Gasteiger partial charge in [-0.1, -0.05) is 18.9 Å². The molecule has 1 saturated carbocycles. The normalized spacial score (nSPS) is 26.1. The molecule has 1 N–H and O–H groups in total. The Balaban J connectivity index is 2.05. The van der Waals surface area contributed by atoms with E-state index in [1.54, 1.807) is 0 Å². The van der Waals surface area contributed by atoms with Crippen molar-refractivity contribution >= 4 is 17.3 Å². The highest BCUT2D eigenvalue weighted by atomic mass is 19.4. The van der Waals surface area contributed by atoms with Gasteiger partial charge in [0.2, 0.25) is 0 Å². The minimum atomic E-state index is -5.12. The lowest BCUT2D eigenvalue weighted by Crippen LogP contribution is -2.61. The summed E-state index contributed by atoms with van der Waals surface area (Å²) < 4.78 is 41.3. The number of halogens is 3. The molecule has 1 aliphatic heterocycles. The Morgan fingerprint density at radius 1 is 1.35 bits per heavy atom. The smallest absolute Gasteiger partial charge is 0.362 e. The third-order valence-corrected chi connectivity index (χ3v) is 4.78. The maximum absolute atomic E-state index is 13.8. The van der Waals surface area contributed by atoms with Crippen molar-refractivity contribution in [3.05, 3.63) is 39.9 Å². The fourth-order valence-electron chi connectivity index (χ4n) is 3.47. The molecule has 0 saturated heterocycles. The van der Waals surface area contributed by atoms with Crippen LogP contribution in [-0.4, -0.2) is 38.6 Å². The standard InChI is InChI=1S/C16H16F3N3O4/c17-16(18,19)15(24)12-7-2-1-3-8-13(12)20-21(15)14(23)10-5-4-6-11(9-10)22(25)26/h4-6,9,12,24H,1-3,7-8H2/t12-,15-/m1/s1. The number of nitro groups is 1. The zero-order chi connectivity index (χ0) is 19.1. The molecule has 1 heterocycles. The third kappa shape index (κ3) is 2.83. The number of alkyl halides is 3. The van der Waals surface area contributed by atoms with Crippen LogP contribution in [0.15, 0.2) is 29.4 Å². The molecule has 0 unspecified atom stereocenters. The van der Waals surface area contributed by atoms with Crippen LogP contribution in [0.25, 0.3) is 0 Å². The zero-order valence-corrected chi connectivity index (χ0v) is 13.6. The predicted molar refractivity (Wildman–Crippen MR) is 84.3 cm³/mol. The summed E-state index contributed by atoms with van der Waals surface area (Å²) in [4.78, 5) is 22.7. The van der Waals surface area contributed by atoms with Gasteiger partial charge in [0.15, 0.2) is 0 Å². The van der Waals surface area contributed by atoms with E-state index in [1.807, 2.05) is 0 Å². The van der Waals surface area contributed by atoms with Crippen LogP contribution in [0.3, 0.4) is 0 Å². The number of hydrogen-bond acceptors (Lipinski definition) is 5. The third-order valence-electron chi connectivity index (χ3n) is 4.78. The number of carbonyl (C=O) groups excluding carboxylic acids is 1. The fourth-order valence-corrected chi connectivity index (χ4v) is 3.47. The lowest BCUT2D eigenvalue weighted by molar-refractivity contribution is -0.384. The summed E-state index contributed by atoms with van der Waals surface area (Å²) in [6, 6.07) is 4.33. The van der Waals surface area contributed by atoms with Crippen molar-refractivity contribution in [2.45, 2.75) is 44.0 Å². The van der Waals surface area contributed by atoms with Gasteiger partial charge in [-0.3, -0.25) is 14.9 Å². The van der Waals surface area contributed by atoms with Gasteiger partial charge in [-0.2, -0.15) is 23.3 Å². The van der Waals surface area contributed by atoms with Crippen molar-refractivity contribution in [1.29, 1.82) is 0 Å². The molecule has 0 radical (unpaired) electrons. The molecule has 1 aliphatic carbocycles. The van der Waals surface area contributed by atoms with Gasteiger partial charge in [0, 0.05) is 23.4 Å². The highest BCUT2D eigenvalue weighted by Crippen LogP contribution is 2.48. The summed E-state index contributed by atoms with van der Waals surface area (Å²) in [6.45, 7) is 0. The van der Waals surface area contributed by atoms with E-state index < -0.39 is 34.3 Å². The van der Waals surface area contributed by atoms with Gasteiger partial charge < -0.3 is 5.11 Å². The first-order chi connectivity index (χ1) is 12.2. The van der Waals surface area contributed by atoms with Gasteiger partial charge in [-0.25, -0.2) is 0 Å². The number of benzene rings is 1. The van der Waals surface area contributed by atoms with Crippen LogP contribution in [-0.2, 0) is 0 Å². The van der Waals surface area contributed by atoms with E-state index in [4.69, 9.17) is 0 Å². The molecule has 1 aromatic rings. The molecule has 1 fully saturated rings. The predicted octanol–water partition coefficient (Wildman–Crippen LogP) is 3.24. The highest BCUT2D eigenvalue weighted by Gasteiger charge is 2.68. The van der Waals surface area contributed by atoms with E-state index in [2.05, 4.69) is 5.10 Å². The van der Waals surface area contributed by atoms with E-state index >= 15 is 0 Å². The first-order valence-electron chi connectivity index (χ1n) is 8.11. The number of carbonyl (C=O) groups is 1. The molecule has 10 heteroatoms. The van der Waals surface area contributed by atoms with Crippen molar-refractivity contribution < 1.29 is 28.0 Å². The van der Waals surface area contributed by atoms with E-state index in [-0.39, 0.29) is 29.1 Å². The zero-order valence-electron chi connectivity index (χ0n) is 13.6. The second kappa shape index (κ2) is 6.35. The molecule has 2 atom stereocenters. The number of nitro benzene ring substituents is 1. The van der Waals surface area contributed by atoms with E-state index in [0.717, 1.165) is 24.6 Å². The Kier molecular flexibility index (Phi) is 4.47. The fraction of sp³-hybridized carbons (Fsp3) is 0.500. The largest absolute Gasteiger partial charge is 0.439 e. The van der Waals surface area contributed by atoms with Crippen LogP contribution >= 0.6 is 0 Å². The number of non-ortho nitro benzene ring substituents is 1. The molecule has 2 aliphatic rings. The summed E-state index contributed by atoms with van der Waals surface area (Å²) in [6.07, 6.45) is -2.95. The van der Waals surface area contributed by atoms with Crippen LogP contribution < -0.4 is 0 Å². The number of hydrazone groups is 1. The molecular weight excluding hydrogens is 355 g/mol. The monoisotopic (exact) mass is 371 g/mol. The van der Waals surface area contributed by atoms with Gasteiger partial charge in [0.05, 0.1) is 10.8 Å². The van der Waals surface area contributed by atoms with E-state index in [0.29, 0.717) is 12.8 Å². The molecule has 0 bridgehead atoms. The van der Waals surface area contributed by atoms with Crippen molar-refractivity contribution in [2.75, 3.05) is 0 Å². The molecule has 7 nitrogen and oxygen atoms in total. The van der Waals surface area contributed by atoms with Gasteiger partial charge in [0.25, 0.3) is 17.3 Å². The van der Waals surface area contributed by atoms with Crippen LogP contribution in [0.2, 0.25) is 0 Å². The van der Waals surface area contributed by atoms with Crippen molar-refractivity contribution in [2.24, 2.45) is 11.0 Å². The summed E-state index contributed by atoms with van der Waals surface area (Å²) in [5.74, 6) is -2.55. The lowest BCUT2D eigenvalue weighted by atomic mass is 9.87. The van der Waals surface area contributed by atoms with E-state index in [1.165, 1.54) is 6.07 Å². The average Bonchev–Trinajstić information content (AvgIpc) is 2.74. The maximum atomic E-state index is 13.8. The van der Waals surface area contributed by atoms with Crippen molar-refractivity contribution in [1.82, 2.24) is 5.01 Å². The van der Waals surface area contributed by atoms with Crippen LogP contribution in [0, 0.1) is 16.0 Å². The summed E-state index contributed by atoms with van der Waals surface area (Å²) in [7, 11) is 0. The number of hydrogen-bond donors (Lipinski definition) is 1. The summed E-state index contributed by atoms with van der Waals surface area (Å²) >= 11 is 0. The topological polar surface area (TPSA) is 96.0 Å². The van der Waals surface area contributed by atoms with Gasteiger partial charge in [-0.05, 0) is 25.3 Å². The number of fused-ring (bicyclic) bond motifs is 1. The van der Waals surface area contributed by atoms with Crippen LogP contribution in [0.4, 0.5) is 18.9 Å². The Bertz CT molecular complexity index is 780. The van der Waals surface area contributed by atoms with Crippen molar-refractivity contribution in [3.8, 4) is 0 Å². The van der Waals surface area contributed by atoms with Gasteiger partial charge >= 0.3 is 6.18 Å². The minimum Gasteiger partial charge on any atom is -0.362 e. The Morgan fingerprint density at radius 2 is 2.08 bits per heavy atom. The molecule has 26 heavy (non-hydrogen) atoms.